The van der Waals surface area contributed by atoms with E-state index in [1.807, 2.05) is 25.1 Å². The van der Waals surface area contributed by atoms with Crippen molar-refractivity contribution < 1.29 is 18.3 Å². The number of halogens is 3. The summed E-state index contributed by atoms with van der Waals surface area (Å²) < 4.78 is 30.5. The summed E-state index contributed by atoms with van der Waals surface area (Å²) in [7, 11) is 1.68. The molecule has 0 radical (unpaired) electrons. The summed E-state index contributed by atoms with van der Waals surface area (Å²) in [5.74, 6) is 0.139. The number of thioether (sulfide) groups is 1. The van der Waals surface area contributed by atoms with Gasteiger partial charge < -0.3 is 9.64 Å². The second-order valence-corrected chi connectivity index (χ2v) is 7.83. The highest BCUT2D eigenvalue weighted by Gasteiger charge is 2.14. The Morgan fingerprint density at radius 2 is 2.00 bits per heavy atom. The number of alkyl halides is 2. The zero-order valence-electron chi connectivity index (χ0n) is 16.3. The molecule has 0 saturated carbocycles. The lowest BCUT2D eigenvalue weighted by Crippen LogP contribution is -2.27. The first kappa shape index (κ1) is 22.0. The number of hydrogen-bond acceptors (Lipinski definition) is 5. The van der Waals surface area contributed by atoms with E-state index in [-0.39, 0.29) is 17.4 Å². The Morgan fingerprint density at radius 3 is 2.67 bits per heavy atom. The molecular weight excluding hydrogens is 434 g/mol. The molecule has 0 fully saturated rings. The summed E-state index contributed by atoms with van der Waals surface area (Å²) in [5, 5.41) is 9.22. The van der Waals surface area contributed by atoms with Crippen LogP contribution in [0.5, 0.6) is 5.75 Å². The number of ether oxygens (including phenoxy) is 1. The predicted octanol–water partition coefficient (Wildman–Crippen LogP) is 4.58. The van der Waals surface area contributed by atoms with Gasteiger partial charge in [-0.1, -0.05) is 41.6 Å². The molecule has 6 nitrogen and oxygen atoms in total. The monoisotopic (exact) mass is 452 g/mol. The van der Waals surface area contributed by atoms with Crippen LogP contribution in [0.25, 0.3) is 5.69 Å². The highest BCUT2D eigenvalue weighted by Crippen LogP contribution is 2.24. The molecule has 0 aliphatic carbocycles. The van der Waals surface area contributed by atoms with Gasteiger partial charge in [-0.25, -0.2) is 0 Å². The lowest BCUT2D eigenvalue weighted by molar-refractivity contribution is -0.127. The molecule has 0 unspecified atom stereocenters. The van der Waals surface area contributed by atoms with E-state index in [4.69, 9.17) is 11.6 Å². The van der Waals surface area contributed by atoms with E-state index in [2.05, 4.69) is 14.9 Å². The summed E-state index contributed by atoms with van der Waals surface area (Å²) in [4.78, 5) is 14.1. The standard InChI is InChI=1S/C20H19ClF2N4O2S/c1-13-3-6-15(9-17(13)21)27-12-24-25-20(27)30-11-18(28)26(2)10-14-4-7-16(8-5-14)29-19(22)23/h3-9,12,19H,10-11H2,1-2H3. The molecule has 1 aromatic heterocycles. The quantitative estimate of drug-likeness (QED) is 0.468. The first-order chi connectivity index (χ1) is 14.3. The third-order valence-electron chi connectivity index (χ3n) is 4.27. The highest BCUT2D eigenvalue weighted by atomic mass is 35.5. The lowest BCUT2D eigenvalue weighted by atomic mass is 10.2. The van der Waals surface area contributed by atoms with Crippen molar-refractivity contribution in [3.63, 3.8) is 0 Å². The molecule has 0 saturated heterocycles. The van der Waals surface area contributed by atoms with E-state index in [0.717, 1.165) is 16.8 Å². The average molecular weight is 453 g/mol. The second-order valence-electron chi connectivity index (χ2n) is 6.48. The predicted molar refractivity (Wildman–Crippen MR) is 111 cm³/mol. The van der Waals surface area contributed by atoms with Crippen LogP contribution in [0.4, 0.5) is 8.78 Å². The van der Waals surface area contributed by atoms with Crippen LogP contribution in [0.3, 0.4) is 0 Å². The van der Waals surface area contributed by atoms with E-state index in [1.54, 1.807) is 35.0 Å². The maximum Gasteiger partial charge on any atom is 0.387 e. The number of carbonyl (C=O) groups excluding carboxylic acids is 1. The largest absolute Gasteiger partial charge is 0.435 e. The number of benzene rings is 2. The van der Waals surface area contributed by atoms with Gasteiger partial charge in [0.1, 0.15) is 12.1 Å². The number of rotatable bonds is 8. The fraction of sp³-hybridized carbons (Fsp3) is 0.250. The Bertz CT molecular complexity index is 1010. The Morgan fingerprint density at radius 1 is 1.27 bits per heavy atom. The molecule has 0 aliphatic heterocycles. The molecule has 30 heavy (non-hydrogen) atoms. The van der Waals surface area contributed by atoms with Gasteiger partial charge in [0.25, 0.3) is 0 Å². The van der Waals surface area contributed by atoms with E-state index in [0.29, 0.717) is 16.7 Å². The topological polar surface area (TPSA) is 60.2 Å². The number of aryl methyl sites for hydroxylation is 1. The van der Waals surface area contributed by atoms with E-state index in [9.17, 15) is 13.6 Å². The van der Waals surface area contributed by atoms with E-state index in [1.165, 1.54) is 23.9 Å². The molecule has 0 aliphatic rings. The number of nitrogens with zero attached hydrogens (tertiary/aromatic N) is 4. The van der Waals surface area contributed by atoms with Gasteiger partial charge in [-0.2, -0.15) is 8.78 Å². The molecule has 2 aromatic carbocycles. The molecule has 10 heteroatoms. The average Bonchev–Trinajstić information content (AvgIpc) is 3.18. The van der Waals surface area contributed by atoms with E-state index >= 15 is 0 Å². The van der Waals surface area contributed by atoms with Crippen molar-refractivity contribution in [1.82, 2.24) is 19.7 Å². The van der Waals surface area contributed by atoms with Crippen LogP contribution in [0, 0.1) is 6.92 Å². The summed E-state index contributed by atoms with van der Waals surface area (Å²) >= 11 is 7.46. The van der Waals surface area contributed by atoms with Crippen molar-refractivity contribution in [2.24, 2.45) is 0 Å². The molecule has 1 amide bonds. The highest BCUT2D eigenvalue weighted by molar-refractivity contribution is 7.99. The van der Waals surface area contributed by atoms with Gasteiger partial charge in [-0.05, 0) is 42.3 Å². The molecule has 3 aromatic rings. The maximum atomic E-state index is 12.5. The van der Waals surface area contributed by atoms with Gasteiger partial charge in [-0.3, -0.25) is 9.36 Å². The molecule has 158 valence electrons. The Labute approximate surface area is 181 Å². The molecule has 0 bridgehead atoms. The molecule has 0 atom stereocenters. The normalized spacial score (nSPS) is 11.0. The fourth-order valence-corrected chi connectivity index (χ4v) is 3.65. The Kier molecular flexibility index (Phi) is 7.28. The first-order valence-corrected chi connectivity index (χ1v) is 10.3. The second kappa shape index (κ2) is 9.90. The number of aromatic nitrogens is 3. The lowest BCUT2D eigenvalue weighted by Gasteiger charge is -2.17. The van der Waals surface area contributed by atoms with Gasteiger partial charge in [-0.15, -0.1) is 10.2 Å². The van der Waals surface area contributed by atoms with Crippen LogP contribution in [0.2, 0.25) is 5.02 Å². The zero-order valence-corrected chi connectivity index (χ0v) is 17.8. The molecule has 0 N–H and O–H groups in total. The van der Waals surface area contributed by atoms with Crippen molar-refractivity contribution >= 4 is 29.3 Å². The van der Waals surface area contributed by atoms with Crippen LogP contribution >= 0.6 is 23.4 Å². The minimum atomic E-state index is -2.87. The van der Waals surface area contributed by atoms with Crippen molar-refractivity contribution in [3.8, 4) is 11.4 Å². The summed E-state index contributed by atoms with van der Waals surface area (Å²) in [6.07, 6.45) is 1.57. The van der Waals surface area contributed by atoms with Gasteiger partial charge in [0, 0.05) is 18.6 Å². The van der Waals surface area contributed by atoms with Crippen molar-refractivity contribution in [2.75, 3.05) is 12.8 Å². The number of amides is 1. The third-order valence-corrected chi connectivity index (χ3v) is 5.60. The van der Waals surface area contributed by atoms with Gasteiger partial charge in [0.2, 0.25) is 5.91 Å². The molecular formula is C20H19ClF2N4O2S. The summed E-state index contributed by atoms with van der Waals surface area (Å²) in [5.41, 5.74) is 2.58. The zero-order chi connectivity index (χ0) is 21.7. The van der Waals surface area contributed by atoms with Crippen LogP contribution in [0.15, 0.2) is 53.9 Å². The smallest absolute Gasteiger partial charge is 0.387 e. The SMILES string of the molecule is Cc1ccc(-n2cnnc2SCC(=O)N(C)Cc2ccc(OC(F)F)cc2)cc1Cl. The van der Waals surface area contributed by atoms with Gasteiger partial charge >= 0.3 is 6.61 Å². The van der Waals surface area contributed by atoms with Crippen LogP contribution < -0.4 is 4.74 Å². The molecule has 1 heterocycles. The van der Waals surface area contributed by atoms with Crippen LogP contribution in [-0.4, -0.2) is 45.0 Å². The maximum absolute atomic E-state index is 12.5. The third kappa shape index (κ3) is 5.70. The first-order valence-electron chi connectivity index (χ1n) is 8.90. The van der Waals surface area contributed by atoms with Crippen molar-refractivity contribution in [2.45, 2.75) is 25.2 Å². The summed E-state index contributed by atoms with van der Waals surface area (Å²) in [6.45, 7) is -0.605. The fourth-order valence-electron chi connectivity index (χ4n) is 2.61. The van der Waals surface area contributed by atoms with Gasteiger partial charge in [0.05, 0.1) is 11.4 Å². The van der Waals surface area contributed by atoms with Gasteiger partial charge in [0.15, 0.2) is 5.16 Å². The van der Waals surface area contributed by atoms with Crippen LogP contribution in [0.1, 0.15) is 11.1 Å². The summed E-state index contributed by atoms with van der Waals surface area (Å²) in [6, 6.07) is 11.8. The Hall–Kier alpha value is -2.65. The Balaban J connectivity index is 1.58. The molecule has 0 spiro atoms. The minimum Gasteiger partial charge on any atom is -0.435 e. The molecule has 3 rings (SSSR count). The number of hydrogen-bond donors (Lipinski definition) is 0. The number of carbonyl (C=O) groups is 1. The van der Waals surface area contributed by atoms with E-state index < -0.39 is 6.61 Å². The van der Waals surface area contributed by atoms with Crippen LogP contribution in [-0.2, 0) is 11.3 Å². The minimum absolute atomic E-state index is 0.0776. The van der Waals surface area contributed by atoms with Crippen molar-refractivity contribution in [3.05, 3.63) is 64.9 Å². The van der Waals surface area contributed by atoms with Crippen molar-refractivity contribution in [1.29, 1.82) is 0 Å².